The van der Waals surface area contributed by atoms with Gasteiger partial charge in [0.25, 0.3) is 5.91 Å². The molecule has 0 atom stereocenters. The van der Waals surface area contributed by atoms with E-state index in [-0.39, 0.29) is 35.1 Å². The molecule has 0 aliphatic heterocycles. The molecule has 202 valence electrons. The molecule has 3 N–H and O–H groups in total. The number of para-hydroxylation sites is 1. The summed E-state index contributed by atoms with van der Waals surface area (Å²) >= 11 is 0. The molecular formula is C30H31N3O6. The zero-order chi connectivity index (χ0) is 28.6. The van der Waals surface area contributed by atoms with Crippen molar-refractivity contribution in [2.24, 2.45) is 10.2 Å². The molecule has 9 heteroatoms. The molecule has 3 aromatic rings. The summed E-state index contributed by atoms with van der Waals surface area (Å²) in [6, 6.07) is 18.6. The van der Waals surface area contributed by atoms with Crippen LogP contribution in [0.3, 0.4) is 0 Å². The minimum Gasteiger partial charge on any atom is -0.510 e. The van der Waals surface area contributed by atoms with Gasteiger partial charge in [-0.05, 0) is 56.2 Å². The molecule has 0 heterocycles. The molecule has 0 radical (unpaired) electrons. The Kier molecular flexibility index (Phi) is 9.35. The Hall–Kier alpha value is -4.76. The summed E-state index contributed by atoms with van der Waals surface area (Å²) in [7, 11) is 1.40. The number of amides is 1. The van der Waals surface area contributed by atoms with E-state index in [1.165, 1.54) is 32.2 Å². The third-order valence-electron chi connectivity index (χ3n) is 5.65. The van der Waals surface area contributed by atoms with Gasteiger partial charge in [-0.2, -0.15) is 0 Å². The van der Waals surface area contributed by atoms with Gasteiger partial charge in [-0.3, -0.25) is 4.79 Å². The molecule has 0 aliphatic rings. The summed E-state index contributed by atoms with van der Waals surface area (Å²) in [6.07, 6.45) is 1.73. The molecule has 1 amide bonds. The van der Waals surface area contributed by atoms with Crippen molar-refractivity contribution >= 4 is 29.3 Å². The summed E-state index contributed by atoms with van der Waals surface area (Å²) in [4.78, 5) is 25.5. The van der Waals surface area contributed by atoms with Crippen molar-refractivity contribution in [1.82, 2.24) is 0 Å². The molecule has 3 aromatic carbocycles. The maximum atomic E-state index is 12.9. The van der Waals surface area contributed by atoms with Crippen LogP contribution in [-0.4, -0.2) is 29.2 Å². The highest BCUT2D eigenvalue weighted by Crippen LogP contribution is 2.31. The fraction of sp³-hybridized carbons (Fsp3) is 0.200. The van der Waals surface area contributed by atoms with Crippen molar-refractivity contribution in [3.63, 3.8) is 0 Å². The van der Waals surface area contributed by atoms with E-state index in [0.717, 1.165) is 11.1 Å². The lowest BCUT2D eigenvalue weighted by atomic mass is 9.96. The lowest BCUT2D eigenvalue weighted by Gasteiger charge is -2.21. The van der Waals surface area contributed by atoms with Gasteiger partial charge in [0, 0.05) is 11.3 Å². The monoisotopic (exact) mass is 529 g/mol. The van der Waals surface area contributed by atoms with Gasteiger partial charge in [0.1, 0.15) is 23.8 Å². The molecule has 0 saturated carbocycles. The van der Waals surface area contributed by atoms with E-state index in [9.17, 15) is 19.8 Å². The largest absolute Gasteiger partial charge is 0.510 e. The predicted molar refractivity (Wildman–Crippen MR) is 149 cm³/mol. The van der Waals surface area contributed by atoms with E-state index in [1.54, 1.807) is 44.2 Å². The Balaban J connectivity index is 1.75. The van der Waals surface area contributed by atoms with Crippen LogP contribution in [0.5, 0.6) is 5.75 Å². The molecule has 0 bridgehead atoms. The first kappa shape index (κ1) is 28.8. The molecule has 0 fully saturated rings. The maximum Gasteiger partial charge on any atom is 0.338 e. The lowest BCUT2D eigenvalue weighted by Crippen LogP contribution is -2.21. The molecule has 0 saturated heterocycles. The number of methoxy groups -OCH3 is 1. The lowest BCUT2D eigenvalue weighted by molar-refractivity contribution is -0.113. The number of allylic oxidation sites excluding steroid dienone is 1. The van der Waals surface area contributed by atoms with E-state index < -0.39 is 17.5 Å². The smallest absolute Gasteiger partial charge is 0.338 e. The zero-order valence-corrected chi connectivity index (χ0v) is 22.3. The van der Waals surface area contributed by atoms with Crippen molar-refractivity contribution in [3.05, 3.63) is 107 Å². The summed E-state index contributed by atoms with van der Waals surface area (Å²) < 4.78 is 10.7. The molecule has 9 nitrogen and oxygen atoms in total. The average Bonchev–Trinajstić information content (AvgIpc) is 2.91. The number of ether oxygens (including phenoxy) is 2. The van der Waals surface area contributed by atoms with Gasteiger partial charge in [0.15, 0.2) is 5.70 Å². The van der Waals surface area contributed by atoms with E-state index in [0.29, 0.717) is 11.3 Å². The highest BCUT2D eigenvalue weighted by Gasteiger charge is 2.22. The van der Waals surface area contributed by atoms with Crippen LogP contribution in [0.1, 0.15) is 47.8 Å². The van der Waals surface area contributed by atoms with E-state index in [1.807, 2.05) is 24.3 Å². The SMILES string of the molecule is C=Cc1ccc(COC(=O)c2ccc(N=NC(C(=O)Nc3ccccc3C(C)(C)O)=C(C)O)c(OC)c2)cc1. The van der Waals surface area contributed by atoms with Gasteiger partial charge in [-0.25, -0.2) is 4.79 Å². The van der Waals surface area contributed by atoms with E-state index >= 15 is 0 Å². The normalized spacial score (nSPS) is 12.0. The van der Waals surface area contributed by atoms with Gasteiger partial charge < -0.3 is 25.0 Å². The topological polar surface area (TPSA) is 130 Å². The Bertz CT molecular complexity index is 1420. The predicted octanol–water partition coefficient (Wildman–Crippen LogP) is 6.43. The second-order valence-electron chi connectivity index (χ2n) is 9.10. The Labute approximate surface area is 227 Å². The van der Waals surface area contributed by atoms with Crippen LogP contribution in [0, 0.1) is 0 Å². The highest BCUT2D eigenvalue weighted by molar-refractivity contribution is 6.04. The number of hydrogen-bond acceptors (Lipinski definition) is 8. The molecule has 0 aliphatic carbocycles. The number of anilines is 1. The minimum atomic E-state index is -1.21. The zero-order valence-electron chi connectivity index (χ0n) is 22.3. The van der Waals surface area contributed by atoms with Crippen molar-refractivity contribution in [1.29, 1.82) is 0 Å². The highest BCUT2D eigenvalue weighted by atomic mass is 16.5. The van der Waals surface area contributed by atoms with Crippen LogP contribution >= 0.6 is 0 Å². The summed E-state index contributed by atoms with van der Waals surface area (Å²) in [5.41, 5.74) is 1.55. The van der Waals surface area contributed by atoms with E-state index in [4.69, 9.17) is 9.47 Å². The second kappa shape index (κ2) is 12.7. The van der Waals surface area contributed by atoms with Crippen LogP contribution in [0.2, 0.25) is 0 Å². The maximum absolute atomic E-state index is 12.9. The van der Waals surface area contributed by atoms with Gasteiger partial charge in [0.05, 0.1) is 18.3 Å². The third kappa shape index (κ3) is 7.62. The second-order valence-corrected chi connectivity index (χ2v) is 9.10. The van der Waals surface area contributed by atoms with Crippen molar-refractivity contribution in [2.75, 3.05) is 12.4 Å². The van der Waals surface area contributed by atoms with Crippen molar-refractivity contribution in [2.45, 2.75) is 33.0 Å². The van der Waals surface area contributed by atoms with Gasteiger partial charge >= 0.3 is 5.97 Å². The number of esters is 1. The fourth-order valence-electron chi connectivity index (χ4n) is 3.56. The van der Waals surface area contributed by atoms with Crippen LogP contribution in [0.15, 0.2) is 95.0 Å². The third-order valence-corrected chi connectivity index (χ3v) is 5.65. The number of benzene rings is 3. The summed E-state index contributed by atoms with van der Waals surface area (Å²) in [5, 5.41) is 31.2. The molecule has 0 spiro atoms. The van der Waals surface area contributed by atoms with Gasteiger partial charge in [-0.15, -0.1) is 10.2 Å². The number of aliphatic hydroxyl groups is 2. The number of azo groups is 1. The Morgan fingerprint density at radius 2 is 1.77 bits per heavy atom. The number of nitrogens with zero attached hydrogens (tertiary/aromatic N) is 2. The van der Waals surface area contributed by atoms with Crippen molar-refractivity contribution < 1.29 is 29.3 Å². The summed E-state index contributed by atoms with van der Waals surface area (Å²) in [5.74, 6) is -1.43. The van der Waals surface area contributed by atoms with Crippen LogP contribution < -0.4 is 10.1 Å². The average molecular weight is 530 g/mol. The Morgan fingerprint density at radius 1 is 1.08 bits per heavy atom. The number of aliphatic hydroxyl groups excluding tert-OH is 1. The number of rotatable bonds is 10. The molecule has 0 aromatic heterocycles. The van der Waals surface area contributed by atoms with E-state index in [2.05, 4.69) is 22.1 Å². The number of hydrogen-bond donors (Lipinski definition) is 3. The van der Waals surface area contributed by atoms with Crippen LogP contribution in [0.4, 0.5) is 11.4 Å². The van der Waals surface area contributed by atoms with Gasteiger partial charge in [0.2, 0.25) is 0 Å². The minimum absolute atomic E-state index is 0.0929. The molecule has 39 heavy (non-hydrogen) atoms. The van der Waals surface area contributed by atoms with Crippen LogP contribution in [-0.2, 0) is 21.7 Å². The van der Waals surface area contributed by atoms with Crippen LogP contribution in [0.25, 0.3) is 6.08 Å². The molecule has 0 unspecified atom stereocenters. The number of carbonyl (C=O) groups is 2. The standard InChI is InChI=1S/C30H31N3O6/c1-6-20-11-13-21(14-12-20)18-39-29(36)22-15-16-25(26(17-22)38-5)32-33-27(19(2)34)28(35)31-24-10-8-7-9-23(24)30(3,4)37/h6-17,34,37H,1,18H2,2-5H3,(H,31,35). The Morgan fingerprint density at radius 3 is 2.38 bits per heavy atom. The number of carbonyl (C=O) groups excluding carboxylic acids is 2. The number of nitrogens with one attached hydrogen (secondary N) is 1. The van der Waals surface area contributed by atoms with Gasteiger partial charge in [-0.1, -0.05) is 55.1 Å². The molecular weight excluding hydrogens is 498 g/mol. The first-order valence-electron chi connectivity index (χ1n) is 12.0. The fourth-order valence-corrected chi connectivity index (χ4v) is 3.56. The quantitative estimate of drug-likeness (QED) is 0.120. The first-order valence-corrected chi connectivity index (χ1v) is 12.0. The summed E-state index contributed by atoms with van der Waals surface area (Å²) in [6.45, 7) is 8.30. The van der Waals surface area contributed by atoms with Crippen molar-refractivity contribution in [3.8, 4) is 5.75 Å². The molecule has 3 rings (SSSR count). The first-order chi connectivity index (χ1) is 18.5.